The standard InChI is InChI=1S/C16H23NO2S/c1-5-17(4)13-8-11-6-7-14(10-12(11)9-13)20-16(2,3)15(18)19/h6-7,10,13H,5,8-9H2,1-4H3,(H,18,19). The molecule has 1 aromatic carbocycles. The molecule has 0 bridgehead atoms. The minimum Gasteiger partial charge on any atom is -0.480 e. The van der Waals surface area contributed by atoms with Crippen LogP contribution in [0.5, 0.6) is 0 Å². The molecule has 20 heavy (non-hydrogen) atoms. The zero-order valence-electron chi connectivity index (χ0n) is 12.6. The number of likely N-dealkylation sites (N-methyl/N-ethyl adjacent to an activating group) is 1. The van der Waals surface area contributed by atoms with Crippen LogP contribution in [-0.4, -0.2) is 40.4 Å². The van der Waals surface area contributed by atoms with E-state index in [1.54, 1.807) is 13.8 Å². The number of carboxylic acids is 1. The lowest BCUT2D eigenvalue weighted by molar-refractivity contribution is -0.138. The third-order valence-electron chi connectivity index (χ3n) is 4.10. The number of carboxylic acid groups (broad SMARTS) is 1. The number of aliphatic carboxylic acids is 1. The van der Waals surface area contributed by atoms with Gasteiger partial charge in [-0.25, -0.2) is 0 Å². The van der Waals surface area contributed by atoms with Gasteiger partial charge >= 0.3 is 5.97 Å². The highest BCUT2D eigenvalue weighted by atomic mass is 32.2. The Hall–Kier alpha value is -1.00. The summed E-state index contributed by atoms with van der Waals surface area (Å²) < 4.78 is -0.785. The number of hydrogen-bond donors (Lipinski definition) is 1. The van der Waals surface area contributed by atoms with Crippen LogP contribution in [0, 0.1) is 0 Å². The molecule has 0 saturated carbocycles. The van der Waals surface area contributed by atoms with Crippen molar-refractivity contribution in [2.24, 2.45) is 0 Å². The summed E-state index contributed by atoms with van der Waals surface area (Å²) in [5.41, 5.74) is 2.79. The summed E-state index contributed by atoms with van der Waals surface area (Å²) in [6.07, 6.45) is 2.18. The quantitative estimate of drug-likeness (QED) is 0.847. The molecular formula is C16H23NO2S. The summed E-state index contributed by atoms with van der Waals surface area (Å²) in [6.45, 7) is 6.74. The van der Waals surface area contributed by atoms with E-state index in [1.165, 1.54) is 22.9 Å². The zero-order valence-corrected chi connectivity index (χ0v) is 13.5. The van der Waals surface area contributed by atoms with E-state index in [0.717, 1.165) is 24.3 Å². The zero-order chi connectivity index (χ0) is 14.9. The van der Waals surface area contributed by atoms with Crippen molar-refractivity contribution in [3.63, 3.8) is 0 Å². The molecule has 0 aromatic heterocycles. The number of fused-ring (bicyclic) bond motifs is 1. The van der Waals surface area contributed by atoms with Crippen molar-refractivity contribution in [3.05, 3.63) is 29.3 Å². The summed E-state index contributed by atoms with van der Waals surface area (Å²) >= 11 is 1.42. The summed E-state index contributed by atoms with van der Waals surface area (Å²) in [4.78, 5) is 14.6. The number of hydrogen-bond acceptors (Lipinski definition) is 3. The highest BCUT2D eigenvalue weighted by Gasteiger charge is 2.30. The van der Waals surface area contributed by atoms with E-state index in [9.17, 15) is 9.90 Å². The van der Waals surface area contributed by atoms with Crippen LogP contribution in [0.3, 0.4) is 0 Å². The monoisotopic (exact) mass is 293 g/mol. The molecule has 3 nitrogen and oxygen atoms in total. The van der Waals surface area contributed by atoms with E-state index in [0.29, 0.717) is 6.04 Å². The van der Waals surface area contributed by atoms with Crippen LogP contribution < -0.4 is 0 Å². The van der Waals surface area contributed by atoms with Crippen molar-refractivity contribution >= 4 is 17.7 Å². The normalized spacial score (nSPS) is 18.4. The fourth-order valence-electron chi connectivity index (χ4n) is 2.54. The van der Waals surface area contributed by atoms with Gasteiger partial charge in [0.15, 0.2) is 0 Å². The fourth-order valence-corrected chi connectivity index (χ4v) is 3.56. The molecule has 1 aliphatic carbocycles. The number of rotatable bonds is 5. The molecule has 0 aliphatic heterocycles. The van der Waals surface area contributed by atoms with Gasteiger partial charge in [-0.3, -0.25) is 4.79 Å². The Balaban J connectivity index is 2.14. The van der Waals surface area contributed by atoms with Crippen LogP contribution in [0.2, 0.25) is 0 Å². The molecule has 2 rings (SSSR count). The molecule has 0 amide bonds. The second-order valence-corrected chi connectivity index (χ2v) is 7.68. The molecule has 0 spiro atoms. The third-order valence-corrected chi connectivity index (χ3v) is 5.27. The number of carbonyl (C=O) groups is 1. The Morgan fingerprint density at radius 2 is 2.05 bits per heavy atom. The first-order chi connectivity index (χ1) is 9.33. The van der Waals surface area contributed by atoms with Crippen LogP contribution in [0.25, 0.3) is 0 Å². The topological polar surface area (TPSA) is 40.5 Å². The lowest BCUT2D eigenvalue weighted by atomic mass is 10.1. The number of thioether (sulfide) groups is 1. The van der Waals surface area contributed by atoms with Gasteiger partial charge in [0.25, 0.3) is 0 Å². The van der Waals surface area contributed by atoms with Crippen LogP contribution in [0.1, 0.15) is 31.9 Å². The minimum absolute atomic E-state index is 0.586. The number of nitrogens with zero attached hydrogens (tertiary/aromatic N) is 1. The van der Waals surface area contributed by atoms with Crippen LogP contribution in [0.15, 0.2) is 23.1 Å². The average Bonchev–Trinajstić information content (AvgIpc) is 2.80. The SMILES string of the molecule is CCN(C)C1Cc2ccc(SC(C)(C)C(=O)O)cc2C1. The average molecular weight is 293 g/mol. The van der Waals surface area contributed by atoms with Crippen molar-refractivity contribution < 1.29 is 9.90 Å². The van der Waals surface area contributed by atoms with E-state index >= 15 is 0 Å². The van der Waals surface area contributed by atoms with Crippen molar-refractivity contribution in [2.45, 2.75) is 49.3 Å². The van der Waals surface area contributed by atoms with Gasteiger partial charge in [0.1, 0.15) is 4.75 Å². The second-order valence-electron chi connectivity index (χ2n) is 5.98. The maximum Gasteiger partial charge on any atom is 0.319 e. The van der Waals surface area contributed by atoms with Crippen molar-refractivity contribution in [1.82, 2.24) is 4.90 Å². The fraction of sp³-hybridized carbons (Fsp3) is 0.562. The van der Waals surface area contributed by atoms with Gasteiger partial charge < -0.3 is 10.0 Å². The van der Waals surface area contributed by atoms with Crippen molar-refractivity contribution in [1.29, 1.82) is 0 Å². The third kappa shape index (κ3) is 3.18. The lowest BCUT2D eigenvalue weighted by Gasteiger charge is -2.21. The number of benzene rings is 1. The van der Waals surface area contributed by atoms with Gasteiger partial charge in [0.2, 0.25) is 0 Å². The van der Waals surface area contributed by atoms with E-state index in [1.807, 2.05) is 0 Å². The predicted octanol–water partition coefficient (Wildman–Crippen LogP) is 3.06. The minimum atomic E-state index is -0.785. The van der Waals surface area contributed by atoms with E-state index in [4.69, 9.17) is 0 Å². The van der Waals surface area contributed by atoms with E-state index in [-0.39, 0.29) is 0 Å². The molecule has 1 atom stereocenters. The van der Waals surface area contributed by atoms with Gasteiger partial charge in [-0.15, -0.1) is 11.8 Å². The summed E-state index contributed by atoms with van der Waals surface area (Å²) in [5, 5.41) is 9.22. The van der Waals surface area contributed by atoms with Gasteiger partial charge in [0.05, 0.1) is 0 Å². The van der Waals surface area contributed by atoms with Crippen LogP contribution >= 0.6 is 11.8 Å². The summed E-state index contributed by atoms with van der Waals surface area (Å²) in [6, 6.07) is 6.98. The van der Waals surface area contributed by atoms with Gasteiger partial charge in [0, 0.05) is 10.9 Å². The Labute approximate surface area is 125 Å². The summed E-state index contributed by atoms with van der Waals surface area (Å²) in [7, 11) is 2.17. The molecule has 1 N–H and O–H groups in total. The Morgan fingerprint density at radius 3 is 2.65 bits per heavy atom. The predicted molar refractivity (Wildman–Crippen MR) is 83.5 cm³/mol. The van der Waals surface area contributed by atoms with Crippen LogP contribution in [0.4, 0.5) is 0 Å². The van der Waals surface area contributed by atoms with Crippen LogP contribution in [-0.2, 0) is 17.6 Å². The van der Waals surface area contributed by atoms with Gasteiger partial charge in [-0.05, 0) is 63.5 Å². The molecule has 1 aliphatic rings. The molecule has 1 unspecified atom stereocenters. The molecular weight excluding hydrogens is 270 g/mol. The molecule has 4 heteroatoms. The van der Waals surface area contributed by atoms with Crippen molar-refractivity contribution in [3.8, 4) is 0 Å². The molecule has 110 valence electrons. The Kier molecular flexibility index (Phi) is 4.45. The largest absolute Gasteiger partial charge is 0.480 e. The van der Waals surface area contributed by atoms with Gasteiger partial charge in [-0.1, -0.05) is 13.0 Å². The van der Waals surface area contributed by atoms with E-state index in [2.05, 4.69) is 37.1 Å². The van der Waals surface area contributed by atoms with E-state index < -0.39 is 10.7 Å². The molecule has 0 radical (unpaired) electrons. The molecule has 0 saturated heterocycles. The Morgan fingerprint density at radius 1 is 1.40 bits per heavy atom. The molecule has 1 aromatic rings. The first kappa shape index (κ1) is 15.4. The second kappa shape index (κ2) is 5.78. The maximum absolute atomic E-state index is 11.2. The molecule has 0 fully saturated rings. The summed E-state index contributed by atoms with van der Waals surface area (Å²) in [5.74, 6) is -0.772. The highest BCUT2D eigenvalue weighted by Crippen LogP contribution is 2.35. The highest BCUT2D eigenvalue weighted by molar-refractivity contribution is 8.01. The first-order valence-corrected chi connectivity index (χ1v) is 7.89. The Bertz CT molecular complexity index is 513. The lowest BCUT2D eigenvalue weighted by Crippen LogP contribution is -2.31. The van der Waals surface area contributed by atoms with Crippen molar-refractivity contribution in [2.75, 3.05) is 13.6 Å². The van der Waals surface area contributed by atoms with Gasteiger partial charge in [-0.2, -0.15) is 0 Å². The maximum atomic E-state index is 11.2. The smallest absolute Gasteiger partial charge is 0.319 e. The first-order valence-electron chi connectivity index (χ1n) is 7.08. The molecule has 0 heterocycles.